The van der Waals surface area contributed by atoms with Crippen LogP contribution in [0.4, 0.5) is 0 Å². The summed E-state index contributed by atoms with van der Waals surface area (Å²) >= 11 is 0. The Labute approximate surface area is 114 Å². The molecule has 0 aliphatic carbocycles. The van der Waals surface area contributed by atoms with Gasteiger partial charge in [-0.05, 0) is 31.4 Å². The van der Waals surface area contributed by atoms with Crippen LogP contribution >= 0.6 is 0 Å². The molecule has 0 bridgehead atoms. The Morgan fingerprint density at radius 2 is 2.00 bits per heavy atom. The molecule has 2 N–H and O–H groups in total. The van der Waals surface area contributed by atoms with Gasteiger partial charge in [-0.3, -0.25) is 0 Å². The van der Waals surface area contributed by atoms with Crippen LogP contribution in [0.15, 0.2) is 24.8 Å². The molecular weight excluding hydrogens is 238 g/mol. The zero-order chi connectivity index (χ0) is 14.0. The molecule has 0 aliphatic rings. The van der Waals surface area contributed by atoms with Crippen molar-refractivity contribution in [2.75, 3.05) is 0 Å². The highest BCUT2D eigenvalue weighted by Crippen LogP contribution is 2.19. The van der Waals surface area contributed by atoms with Crippen molar-refractivity contribution in [1.29, 1.82) is 0 Å². The summed E-state index contributed by atoms with van der Waals surface area (Å²) < 4.78 is 4.06. The van der Waals surface area contributed by atoms with Gasteiger partial charge in [-0.2, -0.15) is 5.10 Å². The van der Waals surface area contributed by atoms with E-state index in [-0.39, 0.29) is 6.04 Å². The fourth-order valence-electron chi connectivity index (χ4n) is 2.12. The first-order valence-electron chi connectivity index (χ1n) is 6.78. The lowest BCUT2D eigenvalue weighted by Crippen LogP contribution is -2.16. The molecule has 0 amide bonds. The number of rotatable bonds is 5. The van der Waals surface area contributed by atoms with E-state index in [1.165, 1.54) is 5.56 Å². The molecule has 19 heavy (non-hydrogen) atoms. The zero-order valence-electron chi connectivity index (χ0n) is 12.1. The van der Waals surface area contributed by atoms with Crippen molar-refractivity contribution in [3.8, 4) is 0 Å². The van der Waals surface area contributed by atoms with Gasteiger partial charge in [0.2, 0.25) is 0 Å². The van der Waals surface area contributed by atoms with Crippen LogP contribution in [0.1, 0.15) is 51.2 Å². The maximum absolute atomic E-state index is 6.16. The van der Waals surface area contributed by atoms with Crippen molar-refractivity contribution in [2.45, 2.75) is 46.3 Å². The Morgan fingerprint density at radius 1 is 1.26 bits per heavy atom. The maximum atomic E-state index is 6.16. The largest absolute Gasteiger partial charge is 0.346 e. The molecule has 104 valence electrons. The van der Waals surface area contributed by atoms with Crippen LogP contribution in [0.2, 0.25) is 0 Å². The van der Waals surface area contributed by atoms with Gasteiger partial charge in [0.15, 0.2) is 0 Å². The minimum atomic E-state index is 0.0872. The predicted octanol–water partition coefficient (Wildman–Crippen LogP) is 2.36. The van der Waals surface area contributed by atoms with E-state index in [2.05, 4.69) is 60.8 Å². The van der Waals surface area contributed by atoms with E-state index in [9.17, 15) is 0 Å². The highest BCUT2D eigenvalue weighted by atomic mass is 15.4. The Bertz CT molecular complexity index is 523. The van der Waals surface area contributed by atoms with E-state index >= 15 is 0 Å². The van der Waals surface area contributed by atoms with Gasteiger partial charge >= 0.3 is 0 Å². The van der Waals surface area contributed by atoms with Crippen LogP contribution in [0.5, 0.6) is 0 Å². The second-order valence-corrected chi connectivity index (χ2v) is 5.60. The smallest absolute Gasteiger partial charge is 0.147 e. The minimum absolute atomic E-state index is 0.0872. The van der Waals surface area contributed by atoms with Crippen LogP contribution in [0.3, 0.4) is 0 Å². The molecule has 5 nitrogen and oxygen atoms in total. The maximum Gasteiger partial charge on any atom is 0.147 e. The quantitative estimate of drug-likeness (QED) is 0.898. The average molecular weight is 261 g/mol. The molecule has 2 aromatic rings. The lowest BCUT2D eigenvalue weighted by Gasteiger charge is -2.13. The molecule has 0 saturated heterocycles. The van der Waals surface area contributed by atoms with E-state index in [0.717, 1.165) is 12.4 Å². The van der Waals surface area contributed by atoms with Crippen LogP contribution in [-0.2, 0) is 6.54 Å². The standard InChI is InChI=1S/C14H23N5/c1-10(2)14(15)12-5-6-18(7-12)8-13-16-9-17-19(13)11(3)4/h5-7,9-11,14H,8,15H2,1-4H3. The Hall–Kier alpha value is -1.62. The molecule has 1 unspecified atom stereocenters. The average Bonchev–Trinajstić information content (AvgIpc) is 2.97. The molecule has 5 heteroatoms. The fraction of sp³-hybridized carbons (Fsp3) is 0.571. The van der Waals surface area contributed by atoms with E-state index in [1.807, 2.05) is 4.68 Å². The number of hydrogen-bond donors (Lipinski definition) is 1. The van der Waals surface area contributed by atoms with Crippen molar-refractivity contribution in [3.63, 3.8) is 0 Å². The predicted molar refractivity (Wildman–Crippen MR) is 75.7 cm³/mol. The molecule has 0 aromatic carbocycles. The van der Waals surface area contributed by atoms with E-state index in [4.69, 9.17) is 5.73 Å². The summed E-state index contributed by atoms with van der Waals surface area (Å²) in [6.45, 7) is 9.21. The monoisotopic (exact) mass is 261 g/mol. The number of aromatic nitrogens is 4. The van der Waals surface area contributed by atoms with Gasteiger partial charge in [0, 0.05) is 24.5 Å². The molecule has 0 saturated carbocycles. The lowest BCUT2D eigenvalue weighted by atomic mass is 10.00. The van der Waals surface area contributed by atoms with Gasteiger partial charge in [-0.15, -0.1) is 0 Å². The van der Waals surface area contributed by atoms with Gasteiger partial charge in [0.1, 0.15) is 12.2 Å². The van der Waals surface area contributed by atoms with Crippen LogP contribution in [0, 0.1) is 5.92 Å². The summed E-state index contributed by atoms with van der Waals surface area (Å²) in [5, 5.41) is 4.25. The van der Waals surface area contributed by atoms with Gasteiger partial charge < -0.3 is 10.3 Å². The molecular formula is C14H23N5. The molecule has 0 radical (unpaired) electrons. The minimum Gasteiger partial charge on any atom is -0.346 e. The molecule has 2 heterocycles. The van der Waals surface area contributed by atoms with Crippen molar-refractivity contribution < 1.29 is 0 Å². The first-order chi connectivity index (χ1) is 8.99. The van der Waals surface area contributed by atoms with E-state index < -0.39 is 0 Å². The molecule has 0 fully saturated rings. The van der Waals surface area contributed by atoms with E-state index in [1.54, 1.807) is 6.33 Å². The summed E-state index contributed by atoms with van der Waals surface area (Å²) in [5.74, 6) is 1.41. The number of hydrogen-bond acceptors (Lipinski definition) is 3. The normalized spacial score (nSPS) is 13.4. The van der Waals surface area contributed by atoms with Gasteiger partial charge in [0.25, 0.3) is 0 Å². The van der Waals surface area contributed by atoms with Crippen LogP contribution < -0.4 is 5.73 Å². The topological polar surface area (TPSA) is 61.7 Å². The summed E-state index contributed by atoms with van der Waals surface area (Å²) in [7, 11) is 0. The summed E-state index contributed by atoms with van der Waals surface area (Å²) in [4.78, 5) is 4.32. The molecule has 0 aliphatic heterocycles. The van der Waals surface area contributed by atoms with Crippen molar-refractivity contribution >= 4 is 0 Å². The van der Waals surface area contributed by atoms with E-state index in [0.29, 0.717) is 12.0 Å². The first kappa shape index (κ1) is 13.8. The van der Waals surface area contributed by atoms with Gasteiger partial charge in [0.05, 0.1) is 6.54 Å². The number of nitrogens with two attached hydrogens (primary N) is 1. The Kier molecular flexibility index (Phi) is 4.04. The highest BCUT2D eigenvalue weighted by Gasteiger charge is 2.13. The van der Waals surface area contributed by atoms with Gasteiger partial charge in [-0.25, -0.2) is 9.67 Å². The van der Waals surface area contributed by atoms with Crippen LogP contribution in [0.25, 0.3) is 0 Å². The Balaban J connectivity index is 2.14. The molecule has 0 spiro atoms. The van der Waals surface area contributed by atoms with Crippen molar-refractivity contribution in [2.24, 2.45) is 11.7 Å². The molecule has 2 rings (SSSR count). The fourth-order valence-corrected chi connectivity index (χ4v) is 2.12. The first-order valence-corrected chi connectivity index (χ1v) is 6.78. The van der Waals surface area contributed by atoms with Crippen molar-refractivity contribution in [1.82, 2.24) is 19.3 Å². The second kappa shape index (κ2) is 5.57. The third-order valence-electron chi connectivity index (χ3n) is 3.34. The third-order valence-corrected chi connectivity index (χ3v) is 3.34. The van der Waals surface area contributed by atoms with Crippen molar-refractivity contribution in [3.05, 3.63) is 36.2 Å². The zero-order valence-corrected chi connectivity index (χ0v) is 12.1. The molecule has 2 aromatic heterocycles. The second-order valence-electron chi connectivity index (χ2n) is 5.60. The number of nitrogens with zero attached hydrogens (tertiary/aromatic N) is 4. The summed E-state index contributed by atoms with van der Waals surface area (Å²) in [6.07, 6.45) is 5.76. The van der Waals surface area contributed by atoms with Crippen LogP contribution in [-0.4, -0.2) is 19.3 Å². The SMILES string of the molecule is CC(C)C(N)c1ccn(Cc2ncnn2C(C)C)c1. The third kappa shape index (κ3) is 3.04. The Morgan fingerprint density at radius 3 is 2.63 bits per heavy atom. The van der Waals surface area contributed by atoms with Gasteiger partial charge in [-0.1, -0.05) is 13.8 Å². The molecule has 1 atom stereocenters. The highest BCUT2D eigenvalue weighted by molar-refractivity contribution is 5.16. The lowest BCUT2D eigenvalue weighted by molar-refractivity contribution is 0.494. The summed E-state index contributed by atoms with van der Waals surface area (Å²) in [5.41, 5.74) is 7.33. The summed E-state index contributed by atoms with van der Waals surface area (Å²) in [6, 6.07) is 2.50.